The van der Waals surface area contributed by atoms with E-state index in [0.29, 0.717) is 5.95 Å². The van der Waals surface area contributed by atoms with Crippen molar-refractivity contribution < 1.29 is 4.74 Å². The lowest BCUT2D eigenvalue weighted by Gasteiger charge is -2.12. The van der Waals surface area contributed by atoms with E-state index in [1.54, 1.807) is 14.2 Å². The maximum Gasteiger partial charge on any atom is 0.224 e. The molecule has 0 aliphatic carbocycles. The molecule has 0 radical (unpaired) electrons. The number of rotatable bonds is 4. The minimum absolute atomic E-state index is 0.592. The van der Waals surface area contributed by atoms with E-state index in [2.05, 4.69) is 20.6 Å². The van der Waals surface area contributed by atoms with Gasteiger partial charge in [0.05, 0.1) is 12.8 Å². The summed E-state index contributed by atoms with van der Waals surface area (Å²) in [6, 6.07) is 7.86. The smallest absolute Gasteiger partial charge is 0.224 e. The highest BCUT2D eigenvalue weighted by Gasteiger charge is 2.06. The highest BCUT2D eigenvalue weighted by molar-refractivity contribution is 5.65. The van der Waals surface area contributed by atoms with Gasteiger partial charge in [-0.2, -0.15) is 4.98 Å². The number of nitrogens with zero attached hydrogens (tertiary/aromatic N) is 2. The van der Waals surface area contributed by atoms with E-state index >= 15 is 0 Å². The van der Waals surface area contributed by atoms with Crippen molar-refractivity contribution in [3.63, 3.8) is 0 Å². The van der Waals surface area contributed by atoms with Crippen LogP contribution in [0.2, 0.25) is 0 Å². The summed E-state index contributed by atoms with van der Waals surface area (Å²) in [5.41, 5.74) is 2.94. The molecule has 2 N–H and O–H groups in total. The van der Waals surface area contributed by atoms with Gasteiger partial charge in [-0.05, 0) is 31.5 Å². The van der Waals surface area contributed by atoms with Crippen LogP contribution in [-0.4, -0.2) is 24.1 Å². The second kappa shape index (κ2) is 5.56. The largest absolute Gasteiger partial charge is 0.495 e. The first-order valence-electron chi connectivity index (χ1n) is 6.07. The van der Waals surface area contributed by atoms with Gasteiger partial charge in [-0.15, -0.1) is 0 Å². The lowest BCUT2D eigenvalue weighted by molar-refractivity contribution is 0.416. The van der Waals surface area contributed by atoms with Crippen LogP contribution in [0.5, 0.6) is 5.75 Å². The van der Waals surface area contributed by atoms with Crippen molar-refractivity contribution in [2.24, 2.45) is 0 Å². The summed E-state index contributed by atoms with van der Waals surface area (Å²) in [4.78, 5) is 8.62. The summed E-state index contributed by atoms with van der Waals surface area (Å²) in [5.74, 6) is 2.11. The zero-order valence-corrected chi connectivity index (χ0v) is 11.6. The molecule has 0 amide bonds. The average molecular weight is 258 g/mol. The van der Waals surface area contributed by atoms with Gasteiger partial charge in [-0.3, -0.25) is 0 Å². The molecular weight excluding hydrogens is 240 g/mol. The highest BCUT2D eigenvalue weighted by Crippen LogP contribution is 2.28. The number of benzene rings is 1. The van der Waals surface area contributed by atoms with Crippen LogP contribution >= 0.6 is 0 Å². The molecule has 0 atom stereocenters. The Morgan fingerprint density at radius 2 is 1.89 bits per heavy atom. The Kier molecular flexibility index (Phi) is 3.85. The van der Waals surface area contributed by atoms with E-state index in [1.165, 1.54) is 0 Å². The summed E-state index contributed by atoms with van der Waals surface area (Å²) < 4.78 is 5.34. The van der Waals surface area contributed by atoms with Gasteiger partial charge in [0.2, 0.25) is 5.95 Å². The number of anilines is 3. The van der Waals surface area contributed by atoms with Gasteiger partial charge in [-0.25, -0.2) is 4.98 Å². The van der Waals surface area contributed by atoms with E-state index in [0.717, 1.165) is 28.5 Å². The molecule has 0 saturated carbocycles. The molecule has 0 fully saturated rings. The van der Waals surface area contributed by atoms with Crippen LogP contribution in [0.15, 0.2) is 24.3 Å². The van der Waals surface area contributed by atoms with E-state index in [1.807, 2.05) is 38.1 Å². The third kappa shape index (κ3) is 3.13. The van der Waals surface area contributed by atoms with Crippen LogP contribution in [0.25, 0.3) is 0 Å². The van der Waals surface area contributed by atoms with Crippen molar-refractivity contribution >= 4 is 17.5 Å². The van der Waals surface area contributed by atoms with Crippen LogP contribution in [0.3, 0.4) is 0 Å². The SMILES string of the molecule is CNc1nc(C)cc(Nc2cc(C)ccc2OC)n1. The predicted octanol–water partition coefficient (Wildman–Crippen LogP) is 2.89. The average Bonchev–Trinajstić information content (AvgIpc) is 2.38. The molecule has 0 bridgehead atoms. The monoisotopic (exact) mass is 258 g/mol. The highest BCUT2D eigenvalue weighted by atomic mass is 16.5. The summed E-state index contributed by atoms with van der Waals surface area (Å²) >= 11 is 0. The van der Waals surface area contributed by atoms with E-state index < -0.39 is 0 Å². The number of methoxy groups -OCH3 is 1. The zero-order chi connectivity index (χ0) is 13.8. The number of hydrogen-bond acceptors (Lipinski definition) is 5. The third-order valence-electron chi connectivity index (χ3n) is 2.70. The Morgan fingerprint density at radius 3 is 2.58 bits per heavy atom. The second-order valence-electron chi connectivity index (χ2n) is 4.30. The summed E-state index contributed by atoms with van der Waals surface area (Å²) in [7, 11) is 3.45. The van der Waals surface area contributed by atoms with Crippen molar-refractivity contribution in [1.29, 1.82) is 0 Å². The quantitative estimate of drug-likeness (QED) is 0.883. The Morgan fingerprint density at radius 1 is 1.11 bits per heavy atom. The molecule has 0 aliphatic rings. The molecule has 5 heteroatoms. The maximum absolute atomic E-state index is 5.34. The van der Waals surface area contributed by atoms with Gasteiger partial charge in [-0.1, -0.05) is 6.07 Å². The van der Waals surface area contributed by atoms with Gasteiger partial charge in [0, 0.05) is 18.8 Å². The molecule has 0 saturated heterocycles. The fourth-order valence-electron chi connectivity index (χ4n) is 1.80. The molecule has 0 spiro atoms. The standard InChI is InChI=1S/C14H18N4O/c1-9-5-6-12(19-4)11(7-9)17-13-8-10(2)16-14(15-3)18-13/h5-8H,1-4H3,(H2,15,16,17,18). The van der Waals surface area contributed by atoms with Gasteiger partial charge in [0.1, 0.15) is 11.6 Å². The topological polar surface area (TPSA) is 59.1 Å². The number of ether oxygens (including phenoxy) is 1. The molecule has 0 unspecified atom stereocenters. The molecule has 2 rings (SSSR count). The number of aromatic nitrogens is 2. The molecule has 1 aromatic heterocycles. The molecule has 1 heterocycles. The third-order valence-corrected chi connectivity index (χ3v) is 2.70. The molecule has 5 nitrogen and oxygen atoms in total. The summed E-state index contributed by atoms with van der Waals surface area (Å²) in [6.07, 6.45) is 0. The molecule has 100 valence electrons. The summed E-state index contributed by atoms with van der Waals surface area (Å²) in [5, 5.41) is 6.20. The number of nitrogens with one attached hydrogen (secondary N) is 2. The molecule has 0 aliphatic heterocycles. The van der Waals surface area contributed by atoms with Crippen molar-refractivity contribution in [3.05, 3.63) is 35.5 Å². The van der Waals surface area contributed by atoms with Gasteiger partial charge in [0.15, 0.2) is 0 Å². The van der Waals surface area contributed by atoms with Crippen LogP contribution < -0.4 is 15.4 Å². The summed E-state index contributed by atoms with van der Waals surface area (Å²) in [6.45, 7) is 3.97. The minimum Gasteiger partial charge on any atom is -0.495 e. The van der Waals surface area contributed by atoms with Crippen molar-refractivity contribution in [2.45, 2.75) is 13.8 Å². The molecule has 1 aromatic carbocycles. The minimum atomic E-state index is 0.592. The van der Waals surface area contributed by atoms with Crippen LogP contribution in [0, 0.1) is 13.8 Å². The predicted molar refractivity (Wildman–Crippen MR) is 77.3 cm³/mol. The zero-order valence-electron chi connectivity index (χ0n) is 11.6. The lowest BCUT2D eigenvalue weighted by Crippen LogP contribution is -2.03. The second-order valence-corrected chi connectivity index (χ2v) is 4.30. The van der Waals surface area contributed by atoms with Crippen LogP contribution in [-0.2, 0) is 0 Å². The Hall–Kier alpha value is -2.30. The van der Waals surface area contributed by atoms with Crippen LogP contribution in [0.4, 0.5) is 17.5 Å². The first kappa shape index (κ1) is 13.1. The normalized spacial score (nSPS) is 10.1. The Labute approximate surface area is 113 Å². The Bertz CT molecular complexity index is 584. The van der Waals surface area contributed by atoms with Crippen molar-refractivity contribution in [1.82, 2.24) is 9.97 Å². The number of hydrogen-bond donors (Lipinski definition) is 2. The van der Waals surface area contributed by atoms with Gasteiger partial charge < -0.3 is 15.4 Å². The van der Waals surface area contributed by atoms with Crippen molar-refractivity contribution in [3.8, 4) is 5.75 Å². The van der Waals surface area contributed by atoms with Gasteiger partial charge in [0.25, 0.3) is 0 Å². The first-order valence-corrected chi connectivity index (χ1v) is 6.07. The fraction of sp³-hybridized carbons (Fsp3) is 0.286. The van der Waals surface area contributed by atoms with E-state index in [9.17, 15) is 0 Å². The number of aryl methyl sites for hydroxylation is 2. The van der Waals surface area contributed by atoms with Crippen LogP contribution in [0.1, 0.15) is 11.3 Å². The lowest BCUT2D eigenvalue weighted by atomic mass is 10.2. The van der Waals surface area contributed by atoms with Crippen molar-refractivity contribution in [2.75, 3.05) is 24.8 Å². The Balaban J connectivity index is 2.35. The fourth-order valence-corrected chi connectivity index (χ4v) is 1.80. The van der Waals surface area contributed by atoms with E-state index in [-0.39, 0.29) is 0 Å². The van der Waals surface area contributed by atoms with E-state index in [4.69, 9.17) is 4.74 Å². The molecule has 19 heavy (non-hydrogen) atoms. The molecule has 2 aromatic rings. The molecular formula is C14H18N4O. The van der Waals surface area contributed by atoms with Gasteiger partial charge >= 0.3 is 0 Å². The maximum atomic E-state index is 5.34. The first-order chi connectivity index (χ1) is 9.12.